The summed E-state index contributed by atoms with van der Waals surface area (Å²) in [5, 5.41) is 12.8. The SMILES string of the molecule is NC(=O)c1ccc(CSc2nc3sc4c(c3c(=O)n2-c2ccccc2)CCCC4)c([N+](=O)[O-])c1. The number of para-hydroxylation sites is 1. The number of nitrogens with zero attached hydrogens (tertiary/aromatic N) is 3. The lowest BCUT2D eigenvalue weighted by Crippen LogP contribution is -2.22. The Kier molecular flexibility index (Phi) is 5.93. The minimum atomic E-state index is -0.728. The van der Waals surface area contributed by atoms with Crippen LogP contribution in [0.4, 0.5) is 5.69 Å². The Morgan fingerprint density at radius 1 is 1.18 bits per heavy atom. The summed E-state index contributed by atoms with van der Waals surface area (Å²) in [6.45, 7) is 0. The molecule has 0 radical (unpaired) electrons. The summed E-state index contributed by atoms with van der Waals surface area (Å²) in [6, 6.07) is 13.5. The van der Waals surface area contributed by atoms with Crippen molar-refractivity contribution in [1.29, 1.82) is 0 Å². The first-order valence-electron chi connectivity index (χ1n) is 10.8. The Morgan fingerprint density at radius 2 is 1.94 bits per heavy atom. The second-order valence-corrected chi connectivity index (χ2v) is 10.0. The monoisotopic (exact) mass is 492 g/mol. The van der Waals surface area contributed by atoms with E-state index in [9.17, 15) is 19.7 Å². The van der Waals surface area contributed by atoms with Crippen molar-refractivity contribution in [2.75, 3.05) is 0 Å². The first-order valence-corrected chi connectivity index (χ1v) is 12.6. The number of hydrogen-bond donors (Lipinski definition) is 1. The average Bonchev–Trinajstić information content (AvgIpc) is 3.21. The molecule has 0 spiro atoms. The summed E-state index contributed by atoms with van der Waals surface area (Å²) in [5.74, 6) is -0.528. The highest BCUT2D eigenvalue weighted by molar-refractivity contribution is 7.98. The molecule has 0 bridgehead atoms. The molecule has 4 aromatic rings. The van der Waals surface area contributed by atoms with E-state index in [-0.39, 0.29) is 22.6 Å². The van der Waals surface area contributed by atoms with Gasteiger partial charge >= 0.3 is 0 Å². The van der Waals surface area contributed by atoms with Crippen LogP contribution in [0.5, 0.6) is 0 Å². The highest BCUT2D eigenvalue weighted by atomic mass is 32.2. The summed E-state index contributed by atoms with van der Waals surface area (Å²) >= 11 is 2.82. The second-order valence-electron chi connectivity index (χ2n) is 8.02. The molecule has 0 saturated carbocycles. The van der Waals surface area contributed by atoms with Crippen LogP contribution in [0.1, 0.15) is 39.2 Å². The van der Waals surface area contributed by atoms with E-state index in [0.29, 0.717) is 26.6 Å². The first-order chi connectivity index (χ1) is 16.4. The van der Waals surface area contributed by atoms with Crippen LogP contribution in [-0.4, -0.2) is 20.4 Å². The number of hydrogen-bond acceptors (Lipinski definition) is 7. The smallest absolute Gasteiger partial charge is 0.274 e. The average molecular weight is 493 g/mol. The van der Waals surface area contributed by atoms with E-state index in [1.807, 2.05) is 30.3 Å². The van der Waals surface area contributed by atoms with Gasteiger partial charge in [-0.15, -0.1) is 11.3 Å². The molecule has 0 saturated heterocycles. The van der Waals surface area contributed by atoms with Crippen molar-refractivity contribution in [2.45, 2.75) is 36.6 Å². The normalized spacial score (nSPS) is 13.1. The number of thiophene rings is 1. The van der Waals surface area contributed by atoms with Gasteiger partial charge in [-0.2, -0.15) is 0 Å². The van der Waals surface area contributed by atoms with Gasteiger partial charge in [-0.25, -0.2) is 4.98 Å². The van der Waals surface area contributed by atoms with Crippen LogP contribution in [0.3, 0.4) is 0 Å². The van der Waals surface area contributed by atoms with E-state index in [1.54, 1.807) is 15.9 Å². The van der Waals surface area contributed by atoms with Crippen LogP contribution in [0.15, 0.2) is 58.5 Å². The topological polar surface area (TPSA) is 121 Å². The zero-order chi connectivity index (χ0) is 23.8. The van der Waals surface area contributed by atoms with Gasteiger partial charge in [-0.1, -0.05) is 36.0 Å². The first kappa shape index (κ1) is 22.3. The maximum Gasteiger partial charge on any atom is 0.274 e. The van der Waals surface area contributed by atoms with Crippen LogP contribution in [-0.2, 0) is 18.6 Å². The molecule has 0 unspecified atom stereocenters. The number of amides is 1. The Bertz CT molecular complexity index is 1490. The highest BCUT2D eigenvalue weighted by Crippen LogP contribution is 2.36. The molecule has 1 aliphatic rings. The standard InChI is InChI=1S/C24H20N4O4S2/c25-21(29)14-10-11-15(18(12-14)28(31)32)13-33-24-26-22-20(17-8-4-5-9-19(17)34-22)23(30)27(24)16-6-2-1-3-7-16/h1-3,6-7,10-12H,4-5,8-9,13H2,(H2,25,29). The molecule has 2 N–H and O–H groups in total. The summed E-state index contributed by atoms with van der Waals surface area (Å²) in [6.07, 6.45) is 4.01. The predicted molar refractivity (Wildman–Crippen MR) is 133 cm³/mol. The third-order valence-corrected chi connectivity index (χ3v) is 8.07. The fourth-order valence-corrected chi connectivity index (χ4v) is 6.55. The molecule has 0 atom stereocenters. The minimum absolute atomic E-state index is 0.0744. The lowest BCUT2D eigenvalue weighted by Gasteiger charge is -2.13. The molecule has 1 amide bonds. The van der Waals surface area contributed by atoms with E-state index < -0.39 is 10.8 Å². The van der Waals surface area contributed by atoms with Crippen molar-refractivity contribution in [3.05, 3.63) is 90.6 Å². The number of nitrogens with two attached hydrogens (primary N) is 1. The number of aryl methyl sites for hydroxylation is 2. The molecule has 1 aliphatic carbocycles. The molecule has 2 heterocycles. The molecule has 34 heavy (non-hydrogen) atoms. The van der Waals surface area contributed by atoms with E-state index in [0.717, 1.165) is 31.2 Å². The Balaban J connectivity index is 1.62. The number of fused-ring (bicyclic) bond motifs is 3. The van der Waals surface area contributed by atoms with Gasteiger partial charge in [0.1, 0.15) is 4.83 Å². The molecular formula is C24H20N4O4S2. The van der Waals surface area contributed by atoms with Gasteiger partial charge in [0.05, 0.1) is 16.0 Å². The van der Waals surface area contributed by atoms with Crippen molar-refractivity contribution in [1.82, 2.24) is 9.55 Å². The zero-order valence-electron chi connectivity index (χ0n) is 18.0. The van der Waals surface area contributed by atoms with Gasteiger partial charge in [0.2, 0.25) is 5.91 Å². The second kappa shape index (κ2) is 9.03. The van der Waals surface area contributed by atoms with E-state index in [2.05, 4.69) is 0 Å². The Morgan fingerprint density at radius 3 is 2.68 bits per heavy atom. The maximum absolute atomic E-state index is 13.7. The molecule has 10 heteroatoms. The van der Waals surface area contributed by atoms with Gasteiger partial charge in [-0.05, 0) is 49.4 Å². The van der Waals surface area contributed by atoms with Gasteiger partial charge in [0.15, 0.2) is 5.16 Å². The number of thioether (sulfide) groups is 1. The van der Waals surface area contributed by atoms with Crippen molar-refractivity contribution >= 4 is 44.9 Å². The van der Waals surface area contributed by atoms with Crippen molar-refractivity contribution in [3.8, 4) is 5.69 Å². The summed E-state index contributed by atoms with van der Waals surface area (Å²) in [7, 11) is 0. The van der Waals surface area contributed by atoms with Crippen LogP contribution in [0.2, 0.25) is 0 Å². The number of carbonyl (C=O) groups excluding carboxylic acids is 1. The summed E-state index contributed by atoms with van der Waals surface area (Å²) < 4.78 is 1.60. The largest absolute Gasteiger partial charge is 0.366 e. The maximum atomic E-state index is 13.7. The van der Waals surface area contributed by atoms with E-state index >= 15 is 0 Å². The fourth-order valence-electron chi connectivity index (χ4n) is 4.24. The van der Waals surface area contributed by atoms with Crippen LogP contribution in [0, 0.1) is 10.1 Å². The molecule has 172 valence electrons. The van der Waals surface area contributed by atoms with Crippen LogP contribution < -0.4 is 11.3 Å². The van der Waals surface area contributed by atoms with Crippen molar-refractivity contribution < 1.29 is 9.72 Å². The number of primary amides is 1. The van der Waals surface area contributed by atoms with Crippen LogP contribution in [0.25, 0.3) is 15.9 Å². The van der Waals surface area contributed by atoms with Crippen molar-refractivity contribution in [2.24, 2.45) is 5.73 Å². The van der Waals surface area contributed by atoms with Gasteiger partial charge in [0, 0.05) is 27.8 Å². The third kappa shape index (κ3) is 3.99. The highest BCUT2D eigenvalue weighted by Gasteiger charge is 2.24. The number of nitro groups is 1. The van der Waals surface area contributed by atoms with Crippen LogP contribution >= 0.6 is 23.1 Å². The third-order valence-electron chi connectivity index (χ3n) is 5.90. The molecule has 2 aromatic heterocycles. The molecule has 0 fully saturated rings. The summed E-state index contributed by atoms with van der Waals surface area (Å²) in [5.41, 5.74) is 7.27. The number of benzene rings is 2. The van der Waals surface area contributed by atoms with E-state index in [1.165, 1.54) is 34.8 Å². The zero-order valence-corrected chi connectivity index (χ0v) is 19.7. The quantitative estimate of drug-likeness (QED) is 0.181. The molecule has 5 rings (SSSR count). The number of nitro benzene ring substituents is 1. The number of aromatic nitrogens is 2. The van der Waals surface area contributed by atoms with E-state index in [4.69, 9.17) is 10.7 Å². The minimum Gasteiger partial charge on any atom is -0.366 e. The lowest BCUT2D eigenvalue weighted by molar-refractivity contribution is -0.385. The Labute approximate surface area is 202 Å². The summed E-state index contributed by atoms with van der Waals surface area (Å²) in [4.78, 5) is 43.1. The molecular weight excluding hydrogens is 472 g/mol. The van der Waals surface area contributed by atoms with Gasteiger partial charge < -0.3 is 5.73 Å². The number of rotatable bonds is 6. The predicted octanol–water partition coefficient (Wildman–Crippen LogP) is 4.63. The van der Waals surface area contributed by atoms with Gasteiger partial charge in [0.25, 0.3) is 11.2 Å². The molecule has 8 nitrogen and oxygen atoms in total. The van der Waals surface area contributed by atoms with Crippen molar-refractivity contribution in [3.63, 3.8) is 0 Å². The lowest BCUT2D eigenvalue weighted by atomic mass is 9.97. The molecule has 2 aromatic carbocycles. The Hall–Kier alpha value is -3.50. The number of carbonyl (C=O) groups is 1. The van der Waals surface area contributed by atoms with Gasteiger partial charge in [-0.3, -0.25) is 24.3 Å². The molecule has 0 aliphatic heterocycles. The fraction of sp³-hybridized carbons (Fsp3) is 0.208.